The number of ether oxygens (including phenoxy) is 1. The van der Waals surface area contributed by atoms with Crippen LogP contribution in [0.5, 0.6) is 5.88 Å². The number of fused-ring (bicyclic) bond motifs is 1. The largest absolute Gasteiger partial charge is 0.476 e. The molecule has 1 amide bonds. The molecule has 0 bridgehead atoms. The molecule has 2 atom stereocenters. The predicted octanol–water partition coefficient (Wildman–Crippen LogP) is 4.14. The Kier molecular flexibility index (Phi) is 6.68. The Morgan fingerprint density at radius 1 is 1.21 bits per heavy atom. The molecule has 39 heavy (non-hydrogen) atoms. The molecular formula is C28H33ClFN5O4. The fourth-order valence-electron chi connectivity index (χ4n) is 6.87. The summed E-state index contributed by atoms with van der Waals surface area (Å²) in [6, 6.07) is 5.93. The van der Waals surface area contributed by atoms with Crippen LogP contribution >= 0.6 is 11.6 Å². The first-order valence-corrected chi connectivity index (χ1v) is 13.8. The maximum absolute atomic E-state index is 13.5. The number of aromatic nitrogens is 4. The van der Waals surface area contributed by atoms with Crippen molar-refractivity contribution in [3.8, 4) is 5.88 Å². The molecule has 2 aromatic heterocycles. The Morgan fingerprint density at radius 3 is 2.59 bits per heavy atom. The number of nitrogens with zero attached hydrogens (tertiary/aromatic N) is 4. The molecule has 6 rings (SSSR count). The molecule has 0 saturated heterocycles. The van der Waals surface area contributed by atoms with Crippen LogP contribution in [0.1, 0.15) is 66.3 Å². The molecule has 0 aliphatic heterocycles. The van der Waals surface area contributed by atoms with E-state index in [0.29, 0.717) is 54.5 Å². The number of carbonyl (C=O) groups excluding carboxylic acids is 1. The number of halogens is 2. The lowest BCUT2D eigenvalue weighted by atomic mass is 9.83. The normalized spacial score (nSPS) is 29.7. The number of hydrogen-bond acceptors (Lipinski definition) is 6. The summed E-state index contributed by atoms with van der Waals surface area (Å²) in [7, 11) is 3.62. The number of imidazole rings is 1. The minimum Gasteiger partial charge on any atom is -0.476 e. The third-order valence-corrected chi connectivity index (χ3v) is 9.09. The number of rotatable bonds is 7. The summed E-state index contributed by atoms with van der Waals surface area (Å²) in [5, 5.41) is 28.4. The molecule has 3 fully saturated rings. The van der Waals surface area contributed by atoms with Gasteiger partial charge in [0.25, 0.3) is 5.91 Å². The average Bonchev–Trinajstić information content (AvgIpc) is 3.60. The zero-order valence-corrected chi connectivity index (χ0v) is 22.7. The van der Waals surface area contributed by atoms with Gasteiger partial charge in [-0.1, -0.05) is 11.6 Å². The molecule has 11 heteroatoms. The zero-order chi connectivity index (χ0) is 27.5. The molecule has 3 N–H and O–H groups in total. The van der Waals surface area contributed by atoms with E-state index in [4.69, 9.17) is 16.3 Å². The second-order valence-electron chi connectivity index (χ2n) is 11.6. The Labute approximate surface area is 230 Å². The molecule has 3 saturated carbocycles. The number of hydrogen-bond donors (Lipinski definition) is 3. The van der Waals surface area contributed by atoms with E-state index in [1.54, 1.807) is 22.6 Å². The standard InChI is InChI=1S/C28H33ClFN5O4/c1-34-14-31-25(26(34)27(37)32-19-3-4-22(30)21(29)9-19)16-7-17-11-28(38,12-18(17)8-16)23-10-24(33-35(23)2)39-13-15-5-20(36)6-15/h3-4,9-10,14-18,20,36,38H,5-8,11-13H2,1-2H3,(H,32,37). The summed E-state index contributed by atoms with van der Waals surface area (Å²) >= 11 is 5.88. The third kappa shape index (κ3) is 4.94. The number of carbonyl (C=O) groups is 1. The summed E-state index contributed by atoms with van der Waals surface area (Å²) in [6.45, 7) is 0.521. The van der Waals surface area contributed by atoms with Gasteiger partial charge in [-0.3, -0.25) is 9.48 Å². The summed E-state index contributed by atoms with van der Waals surface area (Å²) in [4.78, 5) is 17.8. The van der Waals surface area contributed by atoms with Gasteiger partial charge in [0.15, 0.2) is 0 Å². The van der Waals surface area contributed by atoms with E-state index in [1.165, 1.54) is 18.2 Å². The number of nitrogens with one attached hydrogen (secondary N) is 1. The Balaban J connectivity index is 1.12. The lowest BCUT2D eigenvalue weighted by molar-refractivity contribution is 0.0193. The number of anilines is 1. The minimum atomic E-state index is -0.984. The number of benzene rings is 1. The van der Waals surface area contributed by atoms with Crippen molar-refractivity contribution < 1.29 is 24.1 Å². The Hall–Kier alpha value is -2.95. The first-order chi connectivity index (χ1) is 18.6. The van der Waals surface area contributed by atoms with Crippen molar-refractivity contribution in [1.82, 2.24) is 19.3 Å². The predicted molar refractivity (Wildman–Crippen MR) is 142 cm³/mol. The second-order valence-corrected chi connectivity index (χ2v) is 12.0. The highest BCUT2D eigenvalue weighted by atomic mass is 35.5. The molecule has 0 spiro atoms. The smallest absolute Gasteiger partial charge is 0.274 e. The molecule has 208 valence electrons. The molecule has 2 unspecified atom stereocenters. The van der Waals surface area contributed by atoms with Crippen molar-refractivity contribution in [1.29, 1.82) is 0 Å². The van der Waals surface area contributed by atoms with E-state index >= 15 is 0 Å². The zero-order valence-electron chi connectivity index (χ0n) is 22.0. The molecule has 3 aromatic rings. The molecule has 3 aliphatic carbocycles. The van der Waals surface area contributed by atoms with Crippen molar-refractivity contribution in [2.75, 3.05) is 11.9 Å². The Bertz CT molecular complexity index is 1390. The van der Waals surface area contributed by atoms with E-state index in [0.717, 1.165) is 37.1 Å². The topological polar surface area (TPSA) is 114 Å². The van der Waals surface area contributed by atoms with Gasteiger partial charge in [-0.15, -0.1) is 5.10 Å². The van der Waals surface area contributed by atoms with Crippen LogP contribution in [0.25, 0.3) is 0 Å². The van der Waals surface area contributed by atoms with E-state index in [1.807, 2.05) is 13.1 Å². The van der Waals surface area contributed by atoms with E-state index in [-0.39, 0.29) is 23.0 Å². The fraction of sp³-hybridized carbons (Fsp3) is 0.536. The lowest BCUT2D eigenvalue weighted by Gasteiger charge is -2.30. The molecule has 2 heterocycles. The number of aliphatic hydroxyl groups is 2. The quantitative estimate of drug-likeness (QED) is 0.402. The monoisotopic (exact) mass is 557 g/mol. The van der Waals surface area contributed by atoms with Crippen LogP contribution in [-0.2, 0) is 19.7 Å². The van der Waals surface area contributed by atoms with Crippen LogP contribution in [0, 0.1) is 23.6 Å². The third-order valence-electron chi connectivity index (χ3n) is 8.80. The number of aliphatic hydroxyl groups excluding tert-OH is 1. The first kappa shape index (κ1) is 26.3. The molecule has 0 radical (unpaired) electrons. The van der Waals surface area contributed by atoms with Gasteiger partial charge >= 0.3 is 0 Å². The van der Waals surface area contributed by atoms with Crippen LogP contribution in [0.2, 0.25) is 5.02 Å². The van der Waals surface area contributed by atoms with Gasteiger partial charge < -0.3 is 24.8 Å². The summed E-state index contributed by atoms with van der Waals surface area (Å²) in [5.41, 5.74) is 1.41. The van der Waals surface area contributed by atoms with Crippen LogP contribution in [0.3, 0.4) is 0 Å². The van der Waals surface area contributed by atoms with Crippen LogP contribution in [-0.4, -0.2) is 48.2 Å². The maximum Gasteiger partial charge on any atom is 0.274 e. The molecule has 1 aromatic carbocycles. The van der Waals surface area contributed by atoms with Gasteiger partial charge in [-0.25, -0.2) is 9.37 Å². The highest BCUT2D eigenvalue weighted by molar-refractivity contribution is 6.31. The van der Waals surface area contributed by atoms with Gasteiger partial charge in [0.1, 0.15) is 17.1 Å². The van der Waals surface area contributed by atoms with Gasteiger partial charge in [-0.2, -0.15) is 0 Å². The van der Waals surface area contributed by atoms with Crippen molar-refractivity contribution in [2.24, 2.45) is 31.8 Å². The molecule has 9 nitrogen and oxygen atoms in total. The Morgan fingerprint density at radius 2 is 1.92 bits per heavy atom. The summed E-state index contributed by atoms with van der Waals surface area (Å²) < 4.78 is 22.8. The molecular weight excluding hydrogens is 525 g/mol. The van der Waals surface area contributed by atoms with Crippen LogP contribution in [0.4, 0.5) is 10.1 Å². The summed E-state index contributed by atoms with van der Waals surface area (Å²) in [6.07, 6.45) is 5.84. The van der Waals surface area contributed by atoms with E-state index < -0.39 is 11.4 Å². The summed E-state index contributed by atoms with van der Waals surface area (Å²) in [5.74, 6) is 0.686. The number of amides is 1. The van der Waals surface area contributed by atoms with Crippen molar-refractivity contribution in [3.63, 3.8) is 0 Å². The van der Waals surface area contributed by atoms with Crippen molar-refractivity contribution >= 4 is 23.2 Å². The van der Waals surface area contributed by atoms with Crippen molar-refractivity contribution in [2.45, 2.75) is 56.1 Å². The average molecular weight is 558 g/mol. The van der Waals surface area contributed by atoms with Crippen LogP contribution < -0.4 is 10.1 Å². The highest BCUT2D eigenvalue weighted by Crippen LogP contribution is 2.57. The maximum atomic E-state index is 13.5. The van der Waals surface area contributed by atoms with Gasteiger partial charge in [0, 0.05) is 31.8 Å². The molecule has 3 aliphatic rings. The van der Waals surface area contributed by atoms with Gasteiger partial charge in [0.2, 0.25) is 5.88 Å². The van der Waals surface area contributed by atoms with Gasteiger partial charge in [0.05, 0.1) is 35.4 Å². The van der Waals surface area contributed by atoms with Gasteiger partial charge in [-0.05, 0) is 74.5 Å². The fourth-order valence-corrected chi connectivity index (χ4v) is 7.05. The first-order valence-electron chi connectivity index (χ1n) is 13.4. The van der Waals surface area contributed by atoms with E-state index in [2.05, 4.69) is 15.4 Å². The second kappa shape index (κ2) is 9.91. The SMILES string of the molecule is Cn1cnc(C2CC3CC(O)(c4cc(OCC5CC(O)C5)nn4C)CC3C2)c1C(=O)Nc1ccc(F)c(Cl)c1. The lowest BCUT2D eigenvalue weighted by Crippen LogP contribution is -2.32. The number of aryl methyl sites for hydroxylation is 2. The van der Waals surface area contributed by atoms with Crippen LogP contribution in [0.15, 0.2) is 30.6 Å². The van der Waals surface area contributed by atoms with Crippen molar-refractivity contribution in [3.05, 3.63) is 58.5 Å². The minimum absolute atomic E-state index is 0.0561. The highest BCUT2D eigenvalue weighted by Gasteiger charge is 2.51. The van der Waals surface area contributed by atoms with E-state index in [9.17, 15) is 19.4 Å².